The van der Waals surface area contributed by atoms with Gasteiger partial charge in [0.05, 0.1) is 0 Å². The second-order valence-electron chi connectivity index (χ2n) is 11.2. The molecule has 1 aliphatic heterocycles. The Balaban J connectivity index is 0.000000155. The summed E-state index contributed by atoms with van der Waals surface area (Å²) in [6, 6.07) is 31.9. The first-order valence-electron chi connectivity index (χ1n) is 15.0. The largest absolute Gasteiger partial charge is 3.00 e. The van der Waals surface area contributed by atoms with E-state index in [0.717, 1.165) is 42.5 Å². The third-order valence-electron chi connectivity index (χ3n) is 8.62. The van der Waals surface area contributed by atoms with E-state index < -0.39 is 0 Å². The Morgan fingerprint density at radius 2 is 1.45 bits per heavy atom. The van der Waals surface area contributed by atoms with E-state index in [1.807, 2.05) is 35.2 Å². The topological polar surface area (TPSA) is 58.0 Å². The maximum atomic E-state index is 4.38. The van der Waals surface area contributed by atoms with Gasteiger partial charge in [-0.05, 0) is 55.7 Å². The molecule has 4 aliphatic rings. The van der Waals surface area contributed by atoms with E-state index in [1.165, 1.54) is 67.2 Å². The minimum absolute atomic E-state index is 0. The van der Waals surface area contributed by atoms with Crippen molar-refractivity contribution in [1.82, 2.24) is 25.3 Å². The normalized spacial score (nSPS) is 17.0. The first kappa shape index (κ1) is 28.5. The molecule has 8 rings (SSSR count). The molecule has 0 bridgehead atoms. The number of aryl methyl sites for hydroxylation is 2. The molecule has 3 aliphatic carbocycles. The molecular weight excluding hydrogens is 697 g/mol. The molecule has 3 aromatic carbocycles. The summed E-state index contributed by atoms with van der Waals surface area (Å²) in [5.74, 6) is 1.22. The Morgan fingerprint density at radius 3 is 2.24 bits per heavy atom. The molecule has 2 heterocycles. The molecule has 0 N–H and O–H groups in total. The third-order valence-corrected chi connectivity index (χ3v) is 8.62. The van der Waals surface area contributed by atoms with Crippen molar-refractivity contribution < 1.29 is 20.1 Å². The number of fused-ring (bicyclic) bond motifs is 2. The van der Waals surface area contributed by atoms with E-state index >= 15 is 0 Å². The van der Waals surface area contributed by atoms with Gasteiger partial charge in [0.1, 0.15) is 5.82 Å². The van der Waals surface area contributed by atoms with E-state index in [1.54, 1.807) is 0 Å². The van der Waals surface area contributed by atoms with Gasteiger partial charge in [0, 0.05) is 17.6 Å². The van der Waals surface area contributed by atoms with Crippen molar-refractivity contribution >= 4 is 5.69 Å². The summed E-state index contributed by atoms with van der Waals surface area (Å²) in [4.78, 5) is 4.15. The number of rotatable bonds is 4. The molecule has 0 spiro atoms. The van der Waals surface area contributed by atoms with E-state index in [0.29, 0.717) is 17.7 Å². The molecule has 0 amide bonds. The minimum atomic E-state index is 0. The summed E-state index contributed by atoms with van der Waals surface area (Å²) in [5, 5.41) is 17.5. The Hall–Kier alpha value is -3.59. The van der Waals surface area contributed by atoms with E-state index in [4.69, 9.17) is 0 Å². The van der Waals surface area contributed by atoms with Crippen LogP contribution in [-0.4, -0.2) is 31.3 Å². The van der Waals surface area contributed by atoms with Crippen LogP contribution >= 0.6 is 0 Å². The zero-order valence-electron chi connectivity index (χ0n) is 23.6. The van der Waals surface area contributed by atoms with Gasteiger partial charge in [-0.3, -0.25) is 0 Å². The van der Waals surface area contributed by atoms with Crippen LogP contribution in [0, 0.1) is 30.9 Å². The second kappa shape index (κ2) is 13.2. The predicted molar refractivity (Wildman–Crippen MR) is 160 cm³/mol. The van der Waals surface area contributed by atoms with Crippen molar-refractivity contribution in [1.29, 1.82) is 0 Å². The van der Waals surface area contributed by atoms with Crippen LogP contribution in [0.5, 0.6) is 0 Å². The Kier molecular flexibility index (Phi) is 8.93. The number of para-hydroxylation sites is 1. The van der Waals surface area contributed by atoms with Gasteiger partial charge in [0.25, 0.3) is 0 Å². The maximum Gasteiger partial charge on any atom is 3.00 e. The van der Waals surface area contributed by atoms with Gasteiger partial charge in [-0.25, -0.2) is 0 Å². The Labute approximate surface area is 262 Å². The molecular formula is C35H33IrN6. The fraction of sp³-hybridized carbons (Fsp3) is 0.343. The monoisotopic (exact) mass is 730 g/mol. The van der Waals surface area contributed by atoms with E-state index in [-0.39, 0.29) is 20.1 Å². The average Bonchev–Trinajstić information content (AvgIpc) is 3.83. The molecule has 0 unspecified atom stereocenters. The molecule has 0 atom stereocenters. The summed E-state index contributed by atoms with van der Waals surface area (Å²) in [5.41, 5.74) is 8.55. The molecule has 42 heavy (non-hydrogen) atoms. The van der Waals surface area contributed by atoms with Crippen molar-refractivity contribution in [3.63, 3.8) is 0 Å². The summed E-state index contributed by atoms with van der Waals surface area (Å²) >= 11 is 0. The molecule has 212 valence electrons. The van der Waals surface area contributed by atoms with E-state index in [9.17, 15) is 0 Å². The molecule has 4 aromatic rings. The van der Waals surface area contributed by atoms with Crippen LogP contribution in [0.25, 0.3) is 22.8 Å². The van der Waals surface area contributed by atoms with Crippen LogP contribution in [0.1, 0.15) is 67.2 Å². The maximum absolute atomic E-state index is 4.38. The molecule has 1 saturated carbocycles. The van der Waals surface area contributed by atoms with Crippen molar-refractivity contribution in [3.8, 4) is 34.9 Å². The molecule has 1 fully saturated rings. The number of hydrogen-bond acceptors (Lipinski definition) is 6. The van der Waals surface area contributed by atoms with Gasteiger partial charge in [0.15, 0.2) is 0 Å². The summed E-state index contributed by atoms with van der Waals surface area (Å²) in [6.45, 7) is 2.09. The van der Waals surface area contributed by atoms with Gasteiger partial charge in [-0.2, -0.15) is 34.5 Å². The van der Waals surface area contributed by atoms with Gasteiger partial charge < -0.3 is 9.80 Å². The fourth-order valence-corrected chi connectivity index (χ4v) is 6.51. The third kappa shape index (κ3) is 5.97. The Bertz CT molecular complexity index is 1490. The van der Waals surface area contributed by atoms with Crippen molar-refractivity contribution in [2.75, 3.05) is 4.90 Å². The zero-order valence-corrected chi connectivity index (χ0v) is 26.0. The van der Waals surface area contributed by atoms with Gasteiger partial charge in [-0.15, -0.1) is 52.3 Å². The van der Waals surface area contributed by atoms with Crippen LogP contribution in [0.4, 0.5) is 5.69 Å². The molecule has 7 heteroatoms. The van der Waals surface area contributed by atoms with Crippen LogP contribution < -0.4 is 4.90 Å². The molecule has 1 aromatic heterocycles. The van der Waals surface area contributed by atoms with Gasteiger partial charge in [-0.1, -0.05) is 61.6 Å². The SMILES string of the molecule is C1#CN(C2CCCCC2)[CH-]N1c1[c-]cccc1.[Ir+3].[c-]1ccc2c(c1-c1nnc(-c3cccc4c3CCC4)nn1)CCC2. The van der Waals surface area contributed by atoms with Crippen LogP contribution in [0.2, 0.25) is 0 Å². The van der Waals surface area contributed by atoms with Gasteiger partial charge >= 0.3 is 20.1 Å². The number of hydrogen-bond donors (Lipinski definition) is 0. The first-order chi connectivity index (χ1) is 20.3. The molecule has 0 saturated heterocycles. The second-order valence-corrected chi connectivity index (χ2v) is 11.2. The molecule has 0 radical (unpaired) electrons. The predicted octanol–water partition coefficient (Wildman–Crippen LogP) is 6.35. The quantitative estimate of drug-likeness (QED) is 0.180. The summed E-state index contributed by atoms with van der Waals surface area (Å²) in [6.07, 6.45) is 13.5. The standard InChI is InChI=1S/C20H17N4.C15H16N2.Ir/c1-5-13-7-3-11-17(15(13)9-1)19-21-23-20(24-22-19)18-12-4-8-14-6-2-10-16(14)18;1-3-7-14(8-4-1)16-11-12-17(13-16)15-9-5-2-6-10-15;/h3-4,7-8,11H,1-2,5-6,9-10H2;1,3-4,7,13,15H,2,5-6,9-10H2;/q-1;-2;+3. The average molecular weight is 730 g/mol. The van der Waals surface area contributed by atoms with Crippen molar-refractivity contribution in [3.05, 3.63) is 95.7 Å². The molecule has 6 nitrogen and oxygen atoms in total. The van der Waals surface area contributed by atoms with Crippen LogP contribution in [0.3, 0.4) is 0 Å². The zero-order chi connectivity index (χ0) is 27.4. The van der Waals surface area contributed by atoms with Crippen LogP contribution in [0.15, 0.2) is 54.6 Å². The smallest absolute Gasteiger partial charge is 0.457 e. The first-order valence-corrected chi connectivity index (χ1v) is 15.0. The van der Waals surface area contributed by atoms with Gasteiger partial charge in [0.2, 0.25) is 5.82 Å². The number of aromatic nitrogens is 4. The van der Waals surface area contributed by atoms with E-state index in [2.05, 4.69) is 80.5 Å². The number of anilines is 1. The number of nitrogens with zero attached hydrogens (tertiary/aromatic N) is 6. The Morgan fingerprint density at radius 1 is 0.690 bits per heavy atom. The minimum Gasteiger partial charge on any atom is -0.457 e. The van der Waals surface area contributed by atoms with Crippen molar-refractivity contribution in [2.45, 2.75) is 76.7 Å². The van der Waals surface area contributed by atoms with Crippen molar-refractivity contribution in [2.24, 2.45) is 0 Å². The summed E-state index contributed by atoms with van der Waals surface area (Å²) in [7, 11) is 0. The van der Waals surface area contributed by atoms with Crippen LogP contribution in [-0.2, 0) is 45.8 Å². The number of benzene rings is 3. The fourth-order valence-electron chi connectivity index (χ4n) is 6.51. The summed E-state index contributed by atoms with van der Waals surface area (Å²) < 4.78 is 0.